The Bertz CT molecular complexity index is 460. The molecule has 0 bridgehead atoms. The van der Waals surface area contributed by atoms with Crippen LogP contribution in [0.25, 0.3) is 0 Å². The minimum Gasteiger partial charge on any atom is -0.478 e. The van der Waals surface area contributed by atoms with Crippen LogP contribution in [0, 0.1) is 5.92 Å². The second kappa shape index (κ2) is 4.74. The van der Waals surface area contributed by atoms with Gasteiger partial charge < -0.3 is 5.11 Å². The lowest BCUT2D eigenvalue weighted by Crippen LogP contribution is -2.16. The molecule has 90 valence electrons. The molecule has 2 heteroatoms. The van der Waals surface area contributed by atoms with Gasteiger partial charge >= 0.3 is 5.97 Å². The van der Waals surface area contributed by atoms with E-state index in [1.165, 1.54) is 5.57 Å². The molecule has 1 aliphatic rings. The third-order valence-corrected chi connectivity index (χ3v) is 3.62. The van der Waals surface area contributed by atoms with E-state index in [4.69, 9.17) is 0 Å². The van der Waals surface area contributed by atoms with E-state index in [9.17, 15) is 9.90 Å². The summed E-state index contributed by atoms with van der Waals surface area (Å²) in [5.74, 6) is -0.0608. The lowest BCUT2D eigenvalue weighted by atomic mass is 9.76. The van der Waals surface area contributed by atoms with Gasteiger partial charge in [0.2, 0.25) is 0 Å². The Labute approximate surface area is 102 Å². The summed E-state index contributed by atoms with van der Waals surface area (Å²) in [6, 6.07) is 7.38. The van der Waals surface area contributed by atoms with Crippen molar-refractivity contribution >= 4 is 5.97 Å². The molecule has 0 aliphatic heterocycles. The summed E-state index contributed by atoms with van der Waals surface area (Å²) in [5.41, 5.74) is 2.86. The van der Waals surface area contributed by atoms with Crippen molar-refractivity contribution in [3.63, 3.8) is 0 Å². The van der Waals surface area contributed by atoms with E-state index in [1.54, 1.807) is 12.1 Å². The highest BCUT2D eigenvalue weighted by molar-refractivity contribution is 5.89. The molecule has 0 heterocycles. The molecule has 0 fully saturated rings. The molecule has 2 nitrogen and oxygen atoms in total. The number of hydrogen-bond donors (Lipinski definition) is 1. The maximum Gasteiger partial charge on any atom is 0.335 e. The van der Waals surface area contributed by atoms with Gasteiger partial charge in [-0.05, 0) is 43.2 Å². The molecule has 1 N–H and O–H groups in total. The van der Waals surface area contributed by atoms with Gasteiger partial charge in [0.15, 0.2) is 0 Å². The molecular weight excluding hydrogens is 212 g/mol. The van der Waals surface area contributed by atoms with Crippen LogP contribution in [0.3, 0.4) is 0 Å². The maximum absolute atomic E-state index is 11.2. The molecule has 1 aromatic carbocycles. The van der Waals surface area contributed by atoms with E-state index in [-0.39, 0.29) is 0 Å². The number of aromatic carboxylic acids is 1. The third-order valence-electron chi connectivity index (χ3n) is 3.62. The number of hydrogen-bond acceptors (Lipinski definition) is 1. The number of rotatable bonds is 2. The predicted molar refractivity (Wildman–Crippen MR) is 68.3 cm³/mol. The average molecular weight is 230 g/mol. The smallest absolute Gasteiger partial charge is 0.335 e. The van der Waals surface area contributed by atoms with Gasteiger partial charge in [0.25, 0.3) is 0 Å². The number of carboxylic acid groups (broad SMARTS) is 1. The Morgan fingerprint density at radius 2 is 2.06 bits per heavy atom. The van der Waals surface area contributed by atoms with Crippen LogP contribution in [0.1, 0.15) is 48.5 Å². The molecule has 17 heavy (non-hydrogen) atoms. The van der Waals surface area contributed by atoms with Crippen molar-refractivity contribution in [2.24, 2.45) is 5.92 Å². The van der Waals surface area contributed by atoms with Crippen molar-refractivity contribution in [3.05, 3.63) is 47.0 Å². The highest BCUT2D eigenvalue weighted by atomic mass is 16.4. The van der Waals surface area contributed by atoms with Crippen LogP contribution in [0.4, 0.5) is 0 Å². The second-order valence-corrected chi connectivity index (χ2v) is 4.91. The van der Waals surface area contributed by atoms with Gasteiger partial charge in [-0.25, -0.2) is 4.79 Å². The van der Waals surface area contributed by atoms with Gasteiger partial charge in [-0.2, -0.15) is 0 Å². The van der Waals surface area contributed by atoms with Crippen LogP contribution in [0.15, 0.2) is 35.9 Å². The van der Waals surface area contributed by atoms with E-state index in [0.717, 1.165) is 18.4 Å². The molecular formula is C15H18O2. The van der Waals surface area contributed by atoms with E-state index in [1.807, 2.05) is 12.1 Å². The summed E-state index contributed by atoms with van der Waals surface area (Å²) in [6.07, 6.45) is 4.39. The highest BCUT2D eigenvalue weighted by Crippen LogP contribution is 2.37. The van der Waals surface area contributed by atoms with Gasteiger partial charge in [0.05, 0.1) is 5.56 Å². The molecule has 0 amide bonds. The lowest BCUT2D eigenvalue weighted by molar-refractivity contribution is 0.0694. The summed E-state index contributed by atoms with van der Waals surface area (Å²) in [7, 11) is 0. The fourth-order valence-electron chi connectivity index (χ4n) is 2.75. The van der Waals surface area contributed by atoms with E-state index < -0.39 is 5.97 Å². The molecule has 1 aromatic rings. The van der Waals surface area contributed by atoms with Crippen LogP contribution < -0.4 is 0 Å². The Hall–Kier alpha value is -1.57. The molecule has 2 rings (SSSR count). The Morgan fingerprint density at radius 1 is 1.35 bits per heavy atom. The standard InChI is InChI=1S/C15H18O2/c1-10-7-8-12(11(2)9-10)13-5-3-4-6-14(13)15(16)17/h3-6,9,11-12H,7-8H2,1-2H3,(H,16,17). The van der Waals surface area contributed by atoms with Crippen molar-refractivity contribution in [2.75, 3.05) is 0 Å². The first-order valence-electron chi connectivity index (χ1n) is 6.09. The lowest BCUT2D eigenvalue weighted by Gasteiger charge is -2.28. The summed E-state index contributed by atoms with van der Waals surface area (Å²) in [6.45, 7) is 4.32. The summed E-state index contributed by atoms with van der Waals surface area (Å²) in [5, 5.41) is 9.22. The van der Waals surface area contributed by atoms with Gasteiger partial charge in [-0.15, -0.1) is 0 Å². The van der Waals surface area contributed by atoms with Gasteiger partial charge in [0, 0.05) is 0 Å². The van der Waals surface area contributed by atoms with E-state index in [2.05, 4.69) is 19.9 Å². The fraction of sp³-hybridized carbons (Fsp3) is 0.400. The minimum atomic E-state index is -0.820. The summed E-state index contributed by atoms with van der Waals surface area (Å²) < 4.78 is 0. The highest BCUT2D eigenvalue weighted by Gasteiger charge is 2.25. The van der Waals surface area contributed by atoms with Crippen molar-refractivity contribution in [3.8, 4) is 0 Å². The average Bonchev–Trinajstić information content (AvgIpc) is 2.29. The number of benzene rings is 1. The SMILES string of the molecule is CC1=CC(C)C(c2ccccc2C(=O)O)CC1. The monoisotopic (exact) mass is 230 g/mol. The van der Waals surface area contributed by atoms with E-state index >= 15 is 0 Å². The molecule has 1 aliphatic carbocycles. The van der Waals surface area contributed by atoms with Gasteiger partial charge in [-0.3, -0.25) is 0 Å². The van der Waals surface area contributed by atoms with Gasteiger partial charge in [-0.1, -0.05) is 36.8 Å². The zero-order valence-corrected chi connectivity index (χ0v) is 10.3. The Kier molecular flexibility index (Phi) is 3.32. The predicted octanol–water partition coefficient (Wildman–Crippen LogP) is 3.84. The van der Waals surface area contributed by atoms with Crippen LogP contribution in [-0.2, 0) is 0 Å². The summed E-state index contributed by atoms with van der Waals surface area (Å²) in [4.78, 5) is 11.2. The van der Waals surface area contributed by atoms with Crippen LogP contribution in [0.2, 0.25) is 0 Å². The van der Waals surface area contributed by atoms with Gasteiger partial charge in [0.1, 0.15) is 0 Å². The number of carboxylic acids is 1. The third kappa shape index (κ3) is 2.41. The molecule has 0 saturated heterocycles. The quantitative estimate of drug-likeness (QED) is 0.784. The fourth-order valence-corrected chi connectivity index (χ4v) is 2.75. The Balaban J connectivity index is 2.38. The summed E-state index contributed by atoms with van der Waals surface area (Å²) >= 11 is 0. The zero-order chi connectivity index (χ0) is 12.4. The van der Waals surface area contributed by atoms with Crippen molar-refractivity contribution in [1.82, 2.24) is 0 Å². The normalized spacial score (nSPS) is 24.2. The molecule has 0 aromatic heterocycles. The van der Waals surface area contributed by atoms with Crippen LogP contribution in [0.5, 0.6) is 0 Å². The zero-order valence-electron chi connectivity index (χ0n) is 10.3. The van der Waals surface area contributed by atoms with Crippen LogP contribution in [-0.4, -0.2) is 11.1 Å². The number of allylic oxidation sites excluding steroid dienone is 2. The second-order valence-electron chi connectivity index (χ2n) is 4.91. The van der Waals surface area contributed by atoms with Crippen molar-refractivity contribution in [2.45, 2.75) is 32.6 Å². The largest absolute Gasteiger partial charge is 0.478 e. The minimum absolute atomic E-state index is 0.339. The molecule has 2 atom stereocenters. The molecule has 2 unspecified atom stereocenters. The Morgan fingerprint density at radius 3 is 2.71 bits per heavy atom. The topological polar surface area (TPSA) is 37.3 Å². The maximum atomic E-state index is 11.2. The first kappa shape index (κ1) is 11.9. The number of carbonyl (C=O) groups is 1. The first-order chi connectivity index (χ1) is 8.09. The van der Waals surface area contributed by atoms with Crippen molar-refractivity contribution < 1.29 is 9.90 Å². The van der Waals surface area contributed by atoms with Crippen molar-refractivity contribution in [1.29, 1.82) is 0 Å². The van der Waals surface area contributed by atoms with Crippen LogP contribution >= 0.6 is 0 Å². The molecule has 0 radical (unpaired) electrons. The van der Waals surface area contributed by atoms with E-state index in [0.29, 0.717) is 17.4 Å². The molecule has 0 saturated carbocycles. The molecule has 0 spiro atoms. The first-order valence-corrected chi connectivity index (χ1v) is 6.09.